The summed E-state index contributed by atoms with van der Waals surface area (Å²) in [4.78, 5) is 11.8. The zero-order valence-electron chi connectivity index (χ0n) is 11.6. The van der Waals surface area contributed by atoms with Crippen molar-refractivity contribution < 1.29 is 17.9 Å². The van der Waals surface area contributed by atoms with Gasteiger partial charge in [0, 0.05) is 13.1 Å². The Morgan fingerprint density at radius 1 is 1.60 bits per heavy atom. The van der Waals surface area contributed by atoms with Crippen molar-refractivity contribution in [2.24, 2.45) is 5.92 Å². The molecule has 1 saturated heterocycles. The standard InChI is InChI=1S/C12H19N3O4S/c1-3-19-12(16)10-7-13-14-11(10)20(17,18)15-6-4-5-9(2)8-15/h7,9H,3-6,8H2,1-2H3,(H,13,14). The van der Waals surface area contributed by atoms with Crippen LogP contribution in [0.1, 0.15) is 37.0 Å². The number of carbonyl (C=O) groups is 1. The Balaban J connectivity index is 2.30. The molecule has 112 valence electrons. The van der Waals surface area contributed by atoms with Gasteiger partial charge in [-0.05, 0) is 25.7 Å². The number of nitrogens with one attached hydrogen (secondary N) is 1. The van der Waals surface area contributed by atoms with Gasteiger partial charge in [-0.1, -0.05) is 6.92 Å². The van der Waals surface area contributed by atoms with Gasteiger partial charge in [-0.25, -0.2) is 13.2 Å². The minimum Gasteiger partial charge on any atom is -0.462 e. The molecule has 1 unspecified atom stereocenters. The van der Waals surface area contributed by atoms with Gasteiger partial charge in [0.25, 0.3) is 10.0 Å². The van der Waals surface area contributed by atoms with E-state index >= 15 is 0 Å². The van der Waals surface area contributed by atoms with Crippen LogP contribution in [-0.2, 0) is 14.8 Å². The van der Waals surface area contributed by atoms with Crippen molar-refractivity contribution in [3.05, 3.63) is 11.8 Å². The van der Waals surface area contributed by atoms with E-state index in [-0.39, 0.29) is 17.2 Å². The van der Waals surface area contributed by atoms with Crippen LogP contribution in [0.2, 0.25) is 0 Å². The lowest BCUT2D eigenvalue weighted by atomic mass is 10.0. The second kappa shape index (κ2) is 5.92. The topological polar surface area (TPSA) is 92.4 Å². The number of carbonyl (C=O) groups excluding carboxylic acids is 1. The SMILES string of the molecule is CCOC(=O)c1cn[nH]c1S(=O)(=O)N1CCCC(C)C1. The molecular formula is C12H19N3O4S. The first-order valence-corrected chi connectivity index (χ1v) is 8.11. The van der Waals surface area contributed by atoms with Gasteiger partial charge in [-0.2, -0.15) is 9.40 Å². The average molecular weight is 301 g/mol. The second-order valence-corrected chi connectivity index (χ2v) is 6.82. The first-order valence-electron chi connectivity index (χ1n) is 6.67. The highest BCUT2D eigenvalue weighted by molar-refractivity contribution is 7.89. The van der Waals surface area contributed by atoms with Crippen LogP contribution in [0, 0.1) is 5.92 Å². The molecule has 0 aliphatic carbocycles. The molecule has 2 heterocycles. The van der Waals surface area contributed by atoms with Crippen LogP contribution in [0.4, 0.5) is 0 Å². The number of hydrogen-bond donors (Lipinski definition) is 1. The Morgan fingerprint density at radius 2 is 2.35 bits per heavy atom. The zero-order chi connectivity index (χ0) is 14.8. The number of H-pyrrole nitrogens is 1. The third-order valence-corrected chi connectivity index (χ3v) is 5.16. The Kier molecular flexibility index (Phi) is 4.44. The molecule has 1 aromatic heterocycles. The molecule has 7 nitrogen and oxygen atoms in total. The molecule has 0 spiro atoms. The minimum atomic E-state index is -3.73. The van der Waals surface area contributed by atoms with Gasteiger partial charge in [-0.15, -0.1) is 0 Å². The van der Waals surface area contributed by atoms with Crippen molar-refractivity contribution in [3.8, 4) is 0 Å². The van der Waals surface area contributed by atoms with E-state index in [2.05, 4.69) is 10.2 Å². The molecule has 8 heteroatoms. The number of aromatic amines is 1. The summed E-state index contributed by atoms with van der Waals surface area (Å²) in [7, 11) is -3.73. The number of nitrogens with zero attached hydrogens (tertiary/aromatic N) is 2. The molecule has 0 amide bonds. The lowest BCUT2D eigenvalue weighted by Gasteiger charge is -2.29. The molecule has 1 atom stereocenters. The molecule has 0 bridgehead atoms. The molecule has 1 aliphatic heterocycles. The predicted octanol–water partition coefficient (Wildman–Crippen LogP) is 1.01. The van der Waals surface area contributed by atoms with Gasteiger partial charge in [0.2, 0.25) is 0 Å². The van der Waals surface area contributed by atoms with E-state index in [4.69, 9.17) is 4.74 Å². The number of piperidine rings is 1. The van der Waals surface area contributed by atoms with Crippen molar-refractivity contribution in [3.63, 3.8) is 0 Å². The van der Waals surface area contributed by atoms with Crippen LogP contribution in [0.3, 0.4) is 0 Å². The Morgan fingerprint density at radius 3 is 3.00 bits per heavy atom. The first-order chi connectivity index (χ1) is 9.46. The highest BCUT2D eigenvalue weighted by Gasteiger charge is 2.33. The summed E-state index contributed by atoms with van der Waals surface area (Å²) in [5.41, 5.74) is -0.0370. The van der Waals surface area contributed by atoms with E-state index < -0.39 is 16.0 Å². The normalized spacial score (nSPS) is 20.8. The number of ether oxygens (including phenoxy) is 1. The second-order valence-electron chi connectivity index (χ2n) is 4.94. The third kappa shape index (κ3) is 2.85. The monoisotopic (exact) mass is 301 g/mol. The average Bonchev–Trinajstić information content (AvgIpc) is 2.89. The van der Waals surface area contributed by atoms with E-state index in [1.54, 1.807) is 6.92 Å². The van der Waals surface area contributed by atoms with Gasteiger partial charge >= 0.3 is 5.97 Å². The summed E-state index contributed by atoms with van der Waals surface area (Å²) in [5.74, 6) is -0.364. The van der Waals surface area contributed by atoms with Crippen molar-refractivity contribution in [2.75, 3.05) is 19.7 Å². The largest absolute Gasteiger partial charge is 0.462 e. The van der Waals surface area contributed by atoms with Crippen LogP contribution in [0.5, 0.6) is 0 Å². The molecule has 2 rings (SSSR count). The van der Waals surface area contributed by atoms with E-state index in [0.29, 0.717) is 19.0 Å². The van der Waals surface area contributed by atoms with Crippen LogP contribution >= 0.6 is 0 Å². The van der Waals surface area contributed by atoms with Crippen molar-refractivity contribution in [2.45, 2.75) is 31.7 Å². The molecule has 0 radical (unpaired) electrons. The quantitative estimate of drug-likeness (QED) is 0.838. The van der Waals surface area contributed by atoms with E-state index in [1.807, 2.05) is 6.92 Å². The molecule has 1 N–H and O–H groups in total. The molecule has 0 saturated carbocycles. The molecule has 1 aliphatic rings. The number of aromatic nitrogens is 2. The van der Waals surface area contributed by atoms with Gasteiger partial charge in [0.15, 0.2) is 5.03 Å². The maximum atomic E-state index is 12.6. The number of hydrogen-bond acceptors (Lipinski definition) is 5. The fourth-order valence-corrected chi connectivity index (χ4v) is 3.98. The summed E-state index contributed by atoms with van der Waals surface area (Å²) in [6, 6.07) is 0. The van der Waals surface area contributed by atoms with E-state index in [9.17, 15) is 13.2 Å². The van der Waals surface area contributed by atoms with Gasteiger partial charge in [0.05, 0.1) is 12.8 Å². The van der Waals surface area contributed by atoms with Gasteiger partial charge in [-0.3, -0.25) is 5.10 Å². The Bertz CT molecular complexity index is 581. The van der Waals surface area contributed by atoms with Crippen LogP contribution < -0.4 is 0 Å². The van der Waals surface area contributed by atoms with Gasteiger partial charge in [0.1, 0.15) is 5.56 Å². The van der Waals surface area contributed by atoms with Gasteiger partial charge < -0.3 is 4.74 Å². The van der Waals surface area contributed by atoms with Crippen molar-refractivity contribution >= 4 is 16.0 Å². The lowest BCUT2D eigenvalue weighted by molar-refractivity contribution is 0.0521. The van der Waals surface area contributed by atoms with E-state index in [0.717, 1.165) is 12.8 Å². The van der Waals surface area contributed by atoms with Crippen LogP contribution in [0.25, 0.3) is 0 Å². The number of esters is 1. The zero-order valence-corrected chi connectivity index (χ0v) is 12.4. The van der Waals surface area contributed by atoms with Crippen LogP contribution in [0.15, 0.2) is 11.2 Å². The minimum absolute atomic E-state index is 0.0370. The third-order valence-electron chi connectivity index (χ3n) is 3.32. The van der Waals surface area contributed by atoms with Crippen LogP contribution in [-0.4, -0.2) is 48.6 Å². The fraction of sp³-hybridized carbons (Fsp3) is 0.667. The Hall–Kier alpha value is -1.41. The fourth-order valence-electron chi connectivity index (χ4n) is 2.32. The number of sulfonamides is 1. The summed E-state index contributed by atoms with van der Waals surface area (Å²) in [6.07, 6.45) is 3.03. The molecule has 20 heavy (non-hydrogen) atoms. The summed E-state index contributed by atoms with van der Waals surface area (Å²) >= 11 is 0. The van der Waals surface area contributed by atoms with E-state index in [1.165, 1.54) is 10.5 Å². The van der Waals surface area contributed by atoms with Crippen molar-refractivity contribution in [1.29, 1.82) is 0 Å². The highest BCUT2D eigenvalue weighted by Crippen LogP contribution is 2.24. The maximum absolute atomic E-state index is 12.6. The predicted molar refractivity (Wildman–Crippen MR) is 71.7 cm³/mol. The summed E-state index contributed by atoms with van der Waals surface area (Å²) in [6.45, 7) is 4.79. The molecular weight excluding hydrogens is 282 g/mol. The molecule has 0 aromatic carbocycles. The Labute approximate surface area is 118 Å². The number of rotatable bonds is 4. The molecule has 1 aromatic rings. The lowest BCUT2D eigenvalue weighted by Crippen LogP contribution is -2.39. The summed E-state index contributed by atoms with van der Waals surface area (Å²) in [5, 5.41) is 5.92. The molecule has 1 fully saturated rings. The smallest absolute Gasteiger partial charge is 0.342 e. The first kappa shape index (κ1) is 15.0. The summed E-state index contributed by atoms with van der Waals surface area (Å²) < 4.78 is 31.4. The maximum Gasteiger partial charge on any atom is 0.342 e. The van der Waals surface area contributed by atoms with Crippen molar-refractivity contribution in [1.82, 2.24) is 14.5 Å². The highest BCUT2D eigenvalue weighted by atomic mass is 32.2.